The zero-order valence-corrected chi connectivity index (χ0v) is 10.0. The van der Waals surface area contributed by atoms with Gasteiger partial charge in [-0.05, 0) is 40.2 Å². The van der Waals surface area contributed by atoms with Crippen LogP contribution in [0.2, 0.25) is 0 Å². The average Bonchev–Trinajstić information content (AvgIpc) is 2.35. The molecule has 0 saturated carbocycles. The van der Waals surface area contributed by atoms with E-state index in [1.165, 1.54) is 30.6 Å². The maximum atomic E-state index is 13.7. The number of carbonyl (C=O) groups is 1. The van der Waals surface area contributed by atoms with Crippen molar-refractivity contribution in [3.8, 4) is 0 Å². The first-order valence-corrected chi connectivity index (χ1v) is 5.49. The van der Waals surface area contributed by atoms with Crippen molar-refractivity contribution in [3.05, 3.63) is 63.9 Å². The normalized spacial score (nSPS) is 10.3. The zero-order valence-electron chi connectivity index (χ0n) is 8.45. The first kappa shape index (κ1) is 11.9. The van der Waals surface area contributed by atoms with Crippen LogP contribution in [0.15, 0.2) is 41.1 Å². The molecule has 2 aromatic rings. The molecule has 5 heteroatoms. The van der Waals surface area contributed by atoms with E-state index in [-0.39, 0.29) is 10.0 Å². The number of halogens is 3. The van der Waals surface area contributed by atoms with Gasteiger partial charge in [0.1, 0.15) is 5.82 Å². The highest BCUT2D eigenvalue weighted by molar-refractivity contribution is 9.10. The summed E-state index contributed by atoms with van der Waals surface area (Å²) in [5.74, 6) is -2.48. The molecule has 1 aromatic heterocycles. The van der Waals surface area contributed by atoms with Crippen molar-refractivity contribution in [2.24, 2.45) is 0 Å². The molecule has 1 heterocycles. The second-order valence-electron chi connectivity index (χ2n) is 3.28. The van der Waals surface area contributed by atoms with Gasteiger partial charge in [0.05, 0.1) is 10.0 Å². The van der Waals surface area contributed by atoms with E-state index in [1.54, 1.807) is 0 Å². The maximum absolute atomic E-state index is 13.7. The largest absolute Gasteiger partial charge is 0.288 e. The number of rotatable bonds is 2. The summed E-state index contributed by atoms with van der Waals surface area (Å²) in [6.45, 7) is 0. The Morgan fingerprint density at radius 1 is 1.12 bits per heavy atom. The highest BCUT2D eigenvalue weighted by atomic mass is 79.9. The summed E-state index contributed by atoms with van der Waals surface area (Å²) in [7, 11) is 0. The number of benzene rings is 1. The monoisotopic (exact) mass is 297 g/mol. The van der Waals surface area contributed by atoms with E-state index >= 15 is 0 Å². The quantitative estimate of drug-likeness (QED) is 0.628. The SMILES string of the molecule is O=C(c1ccncc1)c1c(F)ccc(Br)c1F. The first-order chi connectivity index (χ1) is 8.11. The van der Waals surface area contributed by atoms with Gasteiger partial charge in [-0.25, -0.2) is 8.78 Å². The highest BCUT2D eigenvalue weighted by Gasteiger charge is 2.20. The van der Waals surface area contributed by atoms with Crippen LogP contribution in [-0.4, -0.2) is 10.8 Å². The van der Waals surface area contributed by atoms with Gasteiger partial charge in [-0.15, -0.1) is 0 Å². The second-order valence-corrected chi connectivity index (χ2v) is 4.14. The number of nitrogens with zero attached hydrogens (tertiary/aromatic N) is 1. The fourth-order valence-corrected chi connectivity index (χ4v) is 1.71. The number of hydrogen-bond acceptors (Lipinski definition) is 2. The van der Waals surface area contributed by atoms with E-state index in [0.717, 1.165) is 6.07 Å². The molecule has 0 radical (unpaired) electrons. The van der Waals surface area contributed by atoms with Crippen LogP contribution in [0.4, 0.5) is 8.78 Å². The van der Waals surface area contributed by atoms with E-state index in [2.05, 4.69) is 20.9 Å². The molecule has 0 bridgehead atoms. The molecule has 0 amide bonds. The minimum Gasteiger partial charge on any atom is -0.288 e. The molecule has 0 atom stereocenters. The molecule has 1 aromatic carbocycles. The molecule has 2 nitrogen and oxygen atoms in total. The van der Waals surface area contributed by atoms with E-state index in [4.69, 9.17) is 0 Å². The van der Waals surface area contributed by atoms with Gasteiger partial charge in [-0.2, -0.15) is 0 Å². The van der Waals surface area contributed by atoms with Crippen molar-refractivity contribution in [3.63, 3.8) is 0 Å². The van der Waals surface area contributed by atoms with Gasteiger partial charge >= 0.3 is 0 Å². The summed E-state index contributed by atoms with van der Waals surface area (Å²) in [6.07, 6.45) is 2.78. The van der Waals surface area contributed by atoms with Gasteiger partial charge in [-0.1, -0.05) is 0 Å². The Kier molecular flexibility index (Phi) is 3.28. The molecule has 0 aliphatic carbocycles. The lowest BCUT2D eigenvalue weighted by Gasteiger charge is -2.05. The molecular formula is C12H6BrF2NO. The molecule has 0 aliphatic rings. The fraction of sp³-hybridized carbons (Fsp3) is 0. The molecule has 0 saturated heterocycles. The molecule has 0 fully saturated rings. The molecule has 17 heavy (non-hydrogen) atoms. The van der Waals surface area contributed by atoms with Crippen LogP contribution in [0.1, 0.15) is 15.9 Å². The minimum atomic E-state index is -0.896. The smallest absolute Gasteiger partial charge is 0.199 e. The summed E-state index contributed by atoms with van der Waals surface area (Å²) < 4.78 is 27.2. The van der Waals surface area contributed by atoms with Crippen LogP contribution in [-0.2, 0) is 0 Å². The molecule has 0 N–H and O–H groups in total. The maximum Gasteiger partial charge on any atom is 0.199 e. The number of hydrogen-bond donors (Lipinski definition) is 0. The Hall–Kier alpha value is -1.62. The zero-order chi connectivity index (χ0) is 12.4. The predicted octanol–water partition coefficient (Wildman–Crippen LogP) is 3.35. The Labute approximate surface area is 104 Å². The molecule has 2 rings (SSSR count). The van der Waals surface area contributed by atoms with Gasteiger partial charge in [0.2, 0.25) is 0 Å². The van der Waals surface area contributed by atoms with E-state index < -0.39 is 23.0 Å². The van der Waals surface area contributed by atoms with E-state index in [0.29, 0.717) is 0 Å². The number of carbonyl (C=O) groups excluding carboxylic acids is 1. The molecular weight excluding hydrogens is 292 g/mol. The summed E-state index contributed by atoms with van der Waals surface area (Å²) in [4.78, 5) is 15.6. The summed E-state index contributed by atoms with van der Waals surface area (Å²) in [5.41, 5.74) is -0.374. The number of pyridine rings is 1. The van der Waals surface area contributed by atoms with Crippen LogP contribution in [0.3, 0.4) is 0 Å². The first-order valence-electron chi connectivity index (χ1n) is 4.69. The Bertz CT molecular complexity index is 572. The molecule has 0 aliphatic heterocycles. The van der Waals surface area contributed by atoms with Crippen LogP contribution in [0.25, 0.3) is 0 Å². The Morgan fingerprint density at radius 2 is 1.76 bits per heavy atom. The highest BCUT2D eigenvalue weighted by Crippen LogP contribution is 2.23. The molecule has 0 spiro atoms. The lowest BCUT2D eigenvalue weighted by molar-refractivity contribution is 0.103. The average molecular weight is 298 g/mol. The van der Waals surface area contributed by atoms with E-state index in [9.17, 15) is 13.6 Å². The topological polar surface area (TPSA) is 30.0 Å². The predicted molar refractivity (Wildman–Crippen MR) is 61.7 cm³/mol. The van der Waals surface area contributed by atoms with Crippen molar-refractivity contribution < 1.29 is 13.6 Å². The Morgan fingerprint density at radius 3 is 2.41 bits per heavy atom. The van der Waals surface area contributed by atoms with E-state index in [1.807, 2.05) is 0 Å². The fourth-order valence-electron chi connectivity index (χ4n) is 1.38. The summed E-state index contributed by atoms with van der Waals surface area (Å²) in [6, 6.07) is 5.07. The van der Waals surface area contributed by atoms with Crippen LogP contribution >= 0.6 is 15.9 Å². The lowest BCUT2D eigenvalue weighted by atomic mass is 10.0. The van der Waals surface area contributed by atoms with Crippen molar-refractivity contribution in [2.45, 2.75) is 0 Å². The van der Waals surface area contributed by atoms with Crippen molar-refractivity contribution in [1.82, 2.24) is 4.98 Å². The second kappa shape index (κ2) is 4.71. The third kappa shape index (κ3) is 2.24. The van der Waals surface area contributed by atoms with Crippen LogP contribution in [0.5, 0.6) is 0 Å². The van der Waals surface area contributed by atoms with Gasteiger partial charge in [0.15, 0.2) is 11.6 Å². The Balaban J connectivity index is 2.56. The van der Waals surface area contributed by atoms with Crippen LogP contribution < -0.4 is 0 Å². The van der Waals surface area contributed by atoms with Crippen molar-refractivity contribution in [2.75, 3.05) is 0 Å². The summed E-state index contributed by atoms with van der Waals surface area (Å²) in [5, 5.41) is 0. The molecule has 0 unspecified atom stereocenters. The standard InChI is InChI=1S/C12H6BrF2NO/c13-8-1-2-9(14)10(11(8)15)12(17)7-3-5-16-6-4-7/h1-6H. The lowest BCUT2D eigenvalue weighted by Crippen LogP contribution is -2.08. The third-order valence-electron chi connectivity index (χ3n) is 2.21. The minimum absolute atomic E-state index is 0.0521. The molecule has 86 valence electrons. The van der Waals surface area contributed by atoms with Gasteiger partial charge in [0, 0.05) is 18.0 Å². The van der Waals surface area contributed by atoms with Gasteiger partial charge < -0.3 is 0 Å². The van der Waals surface area contributed by atoms with Gasteiger partial charge in [0.25, 0.3) is 0 Å². The number of aromatic nitrogens is 1. The summed E-state index contributed by atoms with van der Waals surface area (Å²) >= 11 is 2.91. The third-order valence-corrected chi connectivity index (χ3v) is 2.83. The van der Waals surface area contributed by atoms with Crippen LogP contribution in [0, 0.1) is 11.6 Å². The van der Waals surface area contributed by atoms with Crippen molar-refractivity contribution >= 4 is 21.7 Å². The van der Waals surface area contributed by atoms with Gasteiger partial charge in [-0.3, -0.25) is 9.78 Å². The van der Waals surface area contributed by atoms with Crippen molar-refractivity contribution in [1.29, 1.82) is 0 Å². The number of ketones is 1.